The molecular formula is C27H31N7O2. The number of aromatic nitrogens is 7. The molecule has 5 rings (SSSR count). The summed E-state index contributed by atoms with van der Waals surface area (Å²) in [6, 6.07) is 11.5. The number of tetrazole rings is 1. The number of H-pyrrole nitrogens is 1. The minimum absolute atomic E-state index is 0.118. The number of aromatic amines is 1. The lowest BCUT2D eigenvalue weighted by atomic mass is 10.0. The largest absolute Gasteiger partial charge is 0.329 e. The van der Waals surface area contributed by atoms with Crippen LogP contribution in [0.4, 0.5) is 0 Å². The second-order valence-electron chi connectivity index (χ2n) is 9.43. The number of ketones is 1. The fourth-order valence-electron chi connectivity index (χ4n) is 4.96. The highest BCUT2D eigenvalue weighted by Crippen LogP contribution is 2.26. The van der Waals surface area contributed by atoms with Gasteiger partial charge >= 0.3 is 5.69 Å². The Balaban J connectivity index is 1.46. The topological polar surface area (TPSA) is 111 Å². The maximum Gasteiger partial charge on any atom is 0.329 e. The van der Waals surface area contributed by atoms with Crippen LogP contribution in [0.5, 0.6) is 0 Å². The first-order valence-corrected chi connectivity index (χ1v) is 12.8. The number of Topliss-reactive ketones (excluding diaryl/α,β-unsaturated/α-hetero) is 1. The Bertz CT molecular complexity index is 1390. The monoisotopic (exact) mass is 485 g/mol. The second-order valence-corrected chi connectivity index (χ2v) is 9.43. The summed E-state index contributed by atoms with van der Waals surface area (Å²) in [5.41, 5.74) is 4.50. The van der Waals surface area contributed by atoms with Crippen LogP contribution in [0.15, 0.2) is 53.6 Å². The molecule has 3 heterocycles. The second kappa shape index (κ2) is 10.8. The summed E-state index contributed by atoms with van der Waals surface area (Å²) in [5.74, 6) is 0.711. The highest BCUT2D eigenvalue weighted by molar-refractivity contribution is 5.82. The third kappa shape index (κ3) is 5.05. The fourth-order valence-corrected chi connectivity index (χ4v) is 4.96. The molecule has 0 spiro atoms. The van der Waals surface area contributed by atoms with Gasteiger partial charge in [0, 0.05) is 30.1 Å². The van der Waals surface area contributed by atoms with E-state index in [1.54, 1.807) is 15.3 Å². The predicted octanol–water partition coefficient (Wildman–Crippen LogP) is 4.36. The molecule has 1 saturated carbocycles. The van der Waals surface area contributed by atoms with Gasteiger partial charge in [0.15, 0.2) is 5.78 Å². The Labute approximate surface area is 209 Å². The molecule has 0 radical (unpaired) electrons. The van der Waals surface area contributed by atoms with Gasteiger partial charge in [-0.15, -0.1) is 10.2 Å². The maximum absolute atomic E-state index is 13.6. The lowest BCUT2D eigenvalue weighted by Gasteiger charge is -2.13. The minimum Gasteiger partial charge on any atom is -0.297 e. The smallest absolute Gasteiger partial charge is 0.297 e. The third-order valence-corrected chi connectivity index (χ3v) is 6.92. The molecule has 1 fully saturated rings. The first kappa shape index (κ1) is 23.8. The first-order valence-electron chi connectivity index (χ1n) is 12.8. The summed E-state index contributed by atoms with van der Waals surface area (Å²) in [7, 11) is 0. The quantitative estimate of drug-likeness (QED) is 0.371. The number of aryl methyl sites for hydroxylation is 1. The predicted molar refractivity (Wildman–Crippen MR) is 136 cm³/mol. The number of hydrogen-bond donors (Lipinski definition) is 1. The van der Waals surface area contributed by atoms with E-state index in [0.717, 1.165) is 73.0 Å². The van der Waals surface area contributed by atoms with E-state index in [1.807, 2.05) is 42.6 Å². The standard InChI is InChI=1S/C27H31N7O2/c1-2-3-10-23-18-34(24-11-5-4-6-12-25(24)35)27(36)33(23)17-22-16-20(13-14-28-22)19-8-7-9-21(15-19)26-29-31-32-30-26/h7-9,13-16,18,24H,2-6,10-12,17H2,1H3,(H,29,30,31,32). The third-order valence-electron chi connectivity index (χ3n) is 6.92. The van der Waals surface area contributed by atoms with Crippen molar-refractivity contribution < 1.29 is 4.79 Å². The van der Waals surface area contributed by atoms with Gasteiger partial charge in [-0.2, -0.15) is 5.21 Å². The molecule has 4 aromatic rings. The van der Waals surface area contributed by atoms with E-state index in [9.17, 15) is 9.59 Å². The van der Waals surface area contributed by atoms with Crippen molar-refractivity contribution in [3.63, 3.8) is 0 Å². The number of unbranched alkanes of at least 4 members (excludes halogenated alkanes) is 1. The van der Waals surface area contributed by atoms with Gasteiger partial charge in [0.2, 0.25) is 5.82 Å². The summed E-state index contributed by atoms with van der Waals surface area (Å²) in [5, 5.41) is 14.3. The molecule has 1 aliphatic rings. The van der Waals surface area contributed by atoms with Crippen LogP contribution in [0.2, 0.25) is 0 Å². The van der Waals surface area contributed by atoms with Crippen LogP contribution in [0.25, 0.3) is 22.5 Å². The van der Waals surface area contributed by atoms with Gasteiger partial charge in [0.25, 0.3) is 0 Å². The number of pyridine rings is 1. The number of rotatable bonds is 8. The molecule has 0 amide bonds. The molecular weight excluding hydrogens is 454 g/mol. The molecule has 9 nitrogen and oxygen atoms in total. The summed E-state index contributed by atoms with van der Waals surface area (Å²) >= 11 is 0. The van der Waals surface area contributed by atoms with Gasteiger partial charge in [-0.25, -0.2) is 4.79 Å². The molecule has 1 atom stereocenters. The van der Waals surface area contributed by atoms with Gasteiger partial charge in [0.1, 0.15) is 0 Å². The molecule has 1 aliphatic carbocycles. The van der Waals surface area contributed by atoms with Crippen molar-refractivity contribution in [2.75, 3.05) is 0 Å². The lowest BCUT2D eigenvalue weighted by molar-refractivity contribution is -0.122. The molecule has 1 unspecified atom stereocenters. The van der Waals surface area contributed by atoms with Crippen molar-refractivity contribution in [3.8, 4) is 22.5 Å². The molecule has 0 aliphatic heterocycles. The highest BCUT2D eigenvalue weighted by atomic mass is 16.2. The highest BCUT2D eigenvalue weighted by Gasteiger charge is 2.26. The fraction of sp³-hybridized carbons (Fsp3) is 0.407. The van der Waals surface area contributed by atoms with Crippen molar-refractivity contribution in [2.24, 2.45) is 0 Å². The average molecular weight is 486 g/mol. The zero-order chi connectivity index (χ0) is 24.9. The SMILES string of the molecule is CCCCc1cn(C2CCCCCC2=O)c(=O)n1Cc1cc(-c2cccc(-c3nn[nH]n3)c2)ccn1. The van der Waals surface area contributed by atoms with Crippen LogP contribution in [0.3, 0.4) is 0 Å². The molecule has 186 valence electrons. The summed E-state index contributed by atoms with van der Waals surface area (Å²) in [6.45, 7) is 2.51. The lowest BCUT2D eigenvalue weighted by Crippen LogP contribution is -2.31. The molecule has 0 saturated heterocycles. The van der Waals surface area contributed by atoms with Crippen LogP contribution < -0.4 is 5.69 Å². The summed E-state index contributed by atoms with van der Waals surface area (Å²) < 4.78 is 3.49. The van der Waals surface area contributed by atoms with E-state index in [2.05, 4.69) is 32.5 Å². The van der Waals surface area contributed by atoms with Gasteiger partial charge in [-0.1, -0.05) is 44.4 Å². The number of nitrogens with zero attached hydrogens (tertiary/aromatic N) is 6. The zero-order valence-electron chi connectivity index (χ0n) is 20.6. The van der Waals surface area contributed by atoms with E-state index in [1.165, 1.54) is 0 Å². The van der Waals surface area contributed by atoms with Crippen LogP contribution in [0, 0.1) is 0 Å². The van der Waals surface area contributed by atoms with Gasteiger partial charge < -0.3 is 0 Å². The Morgan fingerprint density at radius 1 is 1.06 bits per heavy atom. The molecule has 0 bridgehead atoms. The van der Waals surface area contributed by atoms with Crippen molar-refractivity contribution in [1.82, 2.24) is 34.7 Å². The number of hydrogen-bond acceptors (Lipinski definition) is 6. The van der Waals surface area contributed by atoms with E-state index in [4.69, 9.17) is 0 Å². The van der Waals surface area contributed by atoms with Gasteiger partial charge in [-0.05, 0) is 60.2 Å². The van der Waals surface area contributed by atoms with E-state index in [0.29, 0.717) is 18.8 Å². The Morgan fingerprint density at radius 2 is 1.92 bits per heavy atom. The number of benzene rings is 1. The van der Waals surface area contributed by atoms with Crippen LogP contribution in [0.1, 0.15) is 69.3 Å². The molecule has 1 N–H and O–H groups in total. The van der Waals surface area contributed by atoms with Crippen LogP contribution >= 0.6 is 0 Å². The Kier molecular flexibility index (Phi) is 7.16. The summed E-state index contributed by atoms with van der Waals surface area (Å²) in [6.07, 6.45) is 10.7. The molecule has 9 heteroatoms. The number of nitrogens with one attached hydrogen (secondary N) is 1. The van der Waals surface area contributed by atoms with Crippen molar-refractivity contribution in [2.45, 2.75) is 70.9 Å². The minimum atomic E-state index is -0.353. The van der Waals surface area contributed by atoms with E-state index >= 15 is 0 Å². The van der Waals surface area contributed by atoms with Crippen LogP contribution in [-0.2, 0) is 17.8 Å². The molecule has 1 aromatic carbocycles. The van der Waals surface area contributed by atoms with Gasteiger partial charge in [0.05, 0.1) is 18.3 Å². The van der Waals surface area contributed by atoms with Crippen molar-refractivity contribution >= 4 is 5.78 Å². The van der Waals surface area contributed by atoms with E-state index < -0.39 is 0 Å². The molecule has 36 heavy (non-hydrogen) atoms. The molecule has 3 aromatic heterocycles. The van der Waals surface area contributed by atoms with E-state index in [-0.39, 0.29) is 17.5 Å². The number of carbonyl (C=O) groups excluding carboxylic acids is 1. The zero-order valence-corrected chi connectivity index (χ0v) is 20.6. The Morgan fingerprint density at radius 3 is 2.75 bits per heavy atom. The van der Waals surface area contributed by atoms with Gasteiger partial charge in [-0.3, -0.25) is 18.9 Å². The maximum atomic E-state index is 13.6. The Hall–Kier alpha value is -3.88. The van der Waals surface area contributed by atoms with Crippen molar-refractivity contribution in [3.05, 3.63) is 70.7 Å². The number of carbonyl (C=O) groups is 1. The number of imidazole rings is 1. The first-order chi connectivity index (χ1) is 17.6. The normalized spacial score (nSPS) is 16.2. The van der Waals surface area contributed by atoms with Crippen molar-refractivity contribution in [1.29, 1.82) is 0 Å². The summed E-state index contributed by atoms with van der Waals surface area (Å²) in [4.78, 5) is 30.9. The van der Waals surface area contributed by atoms with Crippen LogP contribution in [-0.4, -0.2) is 40.5 Å². The average Bonchev–Trinajstić information content (AvgIpc) is 3.49.